The van der Waals surface area contributed by atoms with Crippen LogP contribution in [0, 0.1) is 0 Å². The first-order valence-electron chi connectivity index (χ1n) is 7.59. The number of benzene rings is 1. The van der Waals surface area contributed by atoms with Crippen LogP contribution in [0.25, 0.3) is 0 Å². The summed E-state index contributed by atoms with van der Waals surface area (Å²) in [5.74, 6) is 0.0411. The minimum Gasteiger partial charge on any atom is -0.397 e. The van der Waals surface area contributed by atoms with Crippen molar-refractivity contribution in [2.45, 2.75) is 45.1 Å². The SMILES string of the molecule is CCN(CCC(=O)Nc1ccccc1N)C1CCCC1. The lowest BCUT2D eigenvalue weighted by atomic mass is 10.2. The van der Waals surface area contributed by atoms with Crippen molar-refractivity contribution in [2.75, 3.05) is 24.1 Å². The van der Waals surface area contributed by atoms with Crippen molar-refractivity contribution in [1.29, 1.82) is 0 Å². The number of nitrogens with zero attached hydrogens (tertiary/aromatic N) is 1. The van der Waals surface area contributed by atoms with Crippen LogP contribution in [0.15, 0.2) is 24.3 Å². The van der Waals surface area contributed by atoms with Gasteiger partial charge in [0.05, 0.1) is 11.4 Å². The first kappa shape index (κ1) is 14.9. The van der Waals surface area contributed by atoms with Gasteiger partial charge in [-0.15, -0.1) is 0 Å². The highest BCUT2D eigenvalue weighted by atomic mass is 16.1. The van der Waals surface area contributed by atoms with Gasteiger partial charge in [0, 0.05) is 19.0 Å². The Balaban J connectivity index is 1.80. The number of rotatable bonds is 6. The van der Waals surface area contributed by atoms with Crippen LogP contribution in [0.5, 0.6) is 0 Å². The molecule has 0 unspecified atom stereocenters. The van der Waals surface area contributed by atoms with E-state index in [0.29, 0.717) is 23.8 Å². The molecule has 0 aliphatic heterocycles. The maximum absolute atomic E-state index is 12.0. The van der Waals surface area contributed by atoms with Crippen molar-refractivity contribution in [3.05, 3.63) is 24.3 Å². The lowest BCUT2D eigenvalue weighted by Gasteiger charge is -2.27. The molecule has 3 N–H and O–H groups in total. The van der Waals surface area contributed by atoms with Gasteiger partial charge in [0.15, 0.2) is 0 Å². The molecule has 0 spiro atoms. The Hall–Kier alpha value is -1.55. The molecule has 1 fully saturated rings. The number of amides is 1. The maximum atomic E-state index is 12.0. The highest BCUT2D eigenvalue weighted by Crippen LogP contribution is 2.23. The molecular formula is C16H25N3O. The largest absolute Gasteiger partial charge is 0.397 e. The minimum atomic E-state index is 0.0411. The molecule has 1 aliphatic carbocycles. The summed E-state index contributed by atoms with van der Waals surface area (Å²) in [6, 6.07) is 8.05. The maximum Gasteiger partial charge on any atom is 0.225 e. The highest BCUT2D eigenvalue weighted by molar-refractivity contribution is 5.93. The zero-order valence-electron chi connectivity index (χ0n) is 12.3. The molecular weight excluding hydrogens is 250 g/mol. The molecule has 0 heterocycles. The molecule has 1 aromatic carbocycles. The van der Waals surface area contributed by atoms with E-state index in [0.717, 1.165) is 13.1 Å². The van der Waals surface area contributed by atoms with Gasteiger partial charge >= 0.3 is 0 Å². The number of carbonyl (C=O) groups excluding carboxylic acids is 1. The Kier molecular flexibility index (Phi) is 5.41. The third-order valence-electron chi connectivity index (χ3n) is 4.11. The number of hydrogen-bond donors (Lipinski definition) is 2. The molecule has 1 aliphatic rings. The van der Waals surface area contributed by atoms with Gasteiger partial charge in [-0.2, -0.15) is 0 Å². The van der Waals surface area contributed by atoms with Crippen molar-refractivity contribution in [3.63, 3.8) is 0 Å². The Morgan fingerprint density at radius 3 is 2.70 bits per heavy atom. The van der Waals surface area contributed by atoms with Crippen LogP contribution in [0.4, 0.5) is 11.4 Å². The number of carbonyl (C=O) groups is 1. The molecule has 0 aromatic heterocycles. The van der Waals surface area contributed by atoms with Crippen LogP contribution in [0.2, 0.25) is 0 Å². The summed E-state index contributed by atoms with van der Waals surface area (Å²) in [5, 5.41) is 2.89. The van der Waals surface area contributed by atoms with Gasteiger partial charge < -0.3 is 16.0 Å². The topological polar surface area (TPSA) is 58.4 Å². The molecule has 1 aromatic rings. The van der Waals surface area contributed by atoms with E-state index in [-0.39, 0.29) is 5.91 Å². The van der Waals surface area contributed by atoms with Gasteiger partial charge in [-0.05, 0) is 31.5 Å². The summed E-state index contributed by atoms with van der Waals surface area (Å²) in [6.45, 7) is 4.02. The number of para-hydroxylation sites is 2. The molecule has 2 rings (SSSR count). The zero-order valence-corrected chi connectivity index (χ0v) is 12.3. The fourth-order valence-corrected chi connectivity index (χ4v) is 2.94. The van der Waals surface area contributed by atoms with Crippen molar-refractivity contribution < 1.29 is 4.79 Å². The normalized spacial score (nSPS) is 15.7. The second-order valence-corrected chi connectivity index (χ2v) is 5.45. The number of nitrogens with two attached hydrogens (primary N) is 1. The van der Waals surface area contributed by atoms with Crippen molar-refractivity contribution >= 4 is 17.3 Å². The third kappa shape index (κ3) is 3.97. The van der Waals surface area contributed by atoms with E-state index in [1.807, 2.05) is 18.2 Å². The highest BCUT2D eigenvalue weighted by Gasteiger charge is 2.21. The standard InChI is InChI=1S/C16H25N3O/c1-2-19(13-7-3-4-8-13)12-11-16(20)18-15-10-6-5-9-14(15)17/h5-6,9-10,13H,2-4,7-8,11-12,17H2,1H3,(H,18,20). The fraction of sp³-hybridized carbons (Fsp3) is 0.562. The average molecular weight is 275 g/mol. The molecule has 1 amide bonds. The summed E-state index contributed by atoms with van der Waals surface area (Å²) in [4.78, 5) is 14.4. The average Bonchev–Trinajstić information content (AvgIpc) is 2.96. The van der Waals surface area contributed by atoms with E-state index in [4.69, 9.17) is 5.73 Å². The van der Waals surface area contributed by atoms with Crippen molar-refractivity contribution in [2.24, 2.45) is 0 Å². The zero-order chi connectivity index (χ0) is 14.4. The van der Waals surface area contributed by atoms with Crippen LogP contribution >= 0.6 is 0 Å². The van der Waals surface area contributed by atoms with Crippen molar-refractivity contribution in [1.82, 2.24) is 4.90 Å². The first-order valence-corrected chi connectivity index (χ1v) is 7.59. The quantitative estimate of drug-likeness (QED) is 0.785. The molecule has 1 saturated carbocycles. The lowest BCUT2D eigenvalue weighted by Crippen LogP contribution is -2.35. The molecule has 0 atom stereocenters. The smallest absolute Gasteiger partial charge is 0.225 e. The number of nitrogen functional groups attached to an aromatic ring is 1. The summed E-state index contributed by atoms with van der Waals surface area (Å²) in [7, 11) is 0. The van der Waals surface area contributed by atoms with E-state index in [9.17, 15) is 4.79 Å². The summed E-state index contributed by atoms with van der Waals surface area (Å²) >= 11 is 0. The molecule has 0 radical (unpaired) electrons. The molecule has 20 heavy (non-hydrogen) atoms. The van der Waals surface area contributed by atoms with Gasteiger partial charge in [-0.3, -0.25) is 4.79 Å². The fourth-order valence-electron chi connectivity index (χ4n) is 2.94. The molecule has 0 saturated heterocycles. The van der Waals surface area contributed by atoms with E-state index < -0.39 is 0 Å². The minimum absolute atomic E-state index is 0.0411. The molecule has 4 heteroatoms. The Morgan fingerprint density at radius 2 is 2.05 bits per heavy atom. The van der Waals surface area contributed by atoms with Crippen LogP contribution in [0.3, 0.4) is 0 Å². The molecule has 4 nitrogen and oxygen atoms in total. The first-order chi connectivity index (χ1) is 9.70. The van der Waals surface area contributed by atoms with Crippen LogP contribution in [-0.4, -0.2) is 29.9 Å². The third-order valence-corrected chi connectivity index (χ3v) is 4.11. The predicted molar refractivity (Wildman–Crippen MR) is 83.6 cm³/mol. The van der Waals surface area contributed by atoms with Gasteiger partial charge in [0.1, 0.15) is 0 Å². The molecule has 110 valence electrons. The van der Waals surface area contributed by atoms with Crippen molar-refractivity contribution in [3.8, 4) is 0 Å². The van der Waals surface area contributed by atoms with Gasteiger partial charge in [0.2, 0.25) is 5.91 Å². The molecule has 0 bridgehead atoms. The van der Waals surface area contributed by atoms with E-state index >= 15 is 0 Å². The lowest BCUT2D eigenvalue weighted by molar-refractivity contribution is -0.116. The number of nitrogens with one attached hydrogen (secondary N) is 1. The van der Waals surface area contributed by atoms with E-state index in [2.05, 4.69) is 17.1 Å². The Morgan fingerprint density at radius 1 is 1.35 bits per heavy atom. The van der Waals surface area contributed by atoms with Gasteiger partial charge in [-0.1, -0.05) is 31.9 Å². The monoisotopic (exact) mass is 275 g/mol. The van der Waals surface area contributed by atoms with Crippen LogP contribution in [0.1, 0.15) is 39.0 Å². The van der Waals surface area contributed by atoms with E-state index in [1.165, 1.54) is 25.7 Å². The number of anilines is 2. The second-order valence-electron chi connectivity index (χ2n) is 5.45. The summed E-state index contributed by atoms with van der Waals surface area (Å²) in [6.07, 6.45) is 5.74. The second kappa shape index (κ2) is 7.29. The Labute approximate surface area is 121 Å². The van der Waals surface area contributed by atoms with Crippen LogP contribution < -0.4 is 11.1 Å². The number of hydrogen-bond acceptors (Lipinski definition) is 3. The van der Waals surface area contributed by atoms with E-state index in [1.54, 1.807) is 6.07 Å². The van der Waals surface area contributed by atoms with Gasteiger partial charge in [0.25, 0.3) is 0 Å². The summed E-state index contributed by atoms with van der Waals surface area (Å²) < 4.78 is 0. The van der Waals surface area contributed by atoms with Crippen LogP contribution in [-0.2, 0) is 4.79 Å². The summed E-state index contributed by atoms with van der Waals surface area (Å²) in [5.41, 5.74) is 7.15. The van der Waals surface area contributed by atoms with Gasteiger partial charge in [-0.25, -0.2) is 0 Å². The Bertz CT molecular complexity index is 441. The predicted octanol–water partition coefficient (Wildman–Crippen LogP) is 2.86.